The fourth-order valence-corrected chi connectivity index (χ4v) is 4.61. The van der Waals surface area contributed by atoms with Crippen molar-refractivity contribution in [2.75, 3.05) is 39.3 Å². The highest BCUT2D eigenvalue weighted by Gasteiger charge is 2.33. The number of furan rings is 1. The number of hydrogen-bond donors (Lipinski definition) is 1. The zero-order valence-electron chi connectivity index (χ0n) is 15.9. The second kappa shape index (κ2) is 8.89. The molecule has 28 heavy (non-hydrogen) atoms. The standard InChI is InChI=1S/C20H26N4O3S/c25-19(23-8-6-22(7-9-23)14-17-2-1-11-28-17)12-18-20(26)21-4-5-24(18)13-16-3-10-27-15-16/h1-3,10-11,15,18H,4-9,12-14H2,(H,21,26)/t18-/m0/s1. The summed E-state index contributed by atoms with van der Waals surface area (Å²) in [4.78, 5) is 33.0. The van der Waals surface area contributed by atoms with E-state index in [4.69, 9.17) is 4.42 Å². The lowest BCUT2D eigenvalue weighted by Gasteiger charge is -2.38. The van der Waals surface area contributed by atoms with Crippen LogP contribution >= 0.6 is 11.3 Å². The highest BCUT2D eigenvalue weighted by Crippen LogP contribution is 2.17. The van der Waals surface area contributed by atoms with Crippen molar-refractivity contribution in [3.63, 3.8) is 0 Å². The molecule has 2 fully saturated rings. The molecule has 0 spiro atoms. The second-order valence-electron chi connectivity index (χ2n) is 7.35. The van der Waals surface area contributed by atoms with Crippen molar-refractivity contribution < 1.29 is 14.0 Å². The van der Waals surface area contributed by atoms with Crippen molar-refractivity contribution in [3.05, 3.63) is 46.5 Å². The van der Waals surface area contributed by atoms with Gasteiger partial charge in [-0.05, 0) is 17.5 Å². The van der Waals surface area contributed by atoms with E-state index < -0.39 is 6.04 Å². The molecule has 4 rings (SSSR count). The van der Waals surface area contributed by atoms with Crippen LogP contribution in [0.25, 0.3) is 0 Å². The minimum absolute atomic E-state index is 0.0561. The maximum absolute atomic E-state index is 12.9. The Labute approximate surface area is 168 Å². The molecular weight excluding hydrogens is 376 g/mol. The Morgan fingerprint density at radius 1 is 1.18 bits per heavy atom. The Kier molecular flexibility index (Phi) is 6.09. The van der Waals surface area contributed by atoms with Gasteiger partial charge in [-0.1, -0.05) is 6.07 Å². The number of piperazine rings is 2. The summed E-state index contributed by atoms with van der Waals surface area (Å²) in [6.45, 7) is 6.12. The second-order valence-corrected chi connectivity index (χ2v) is 8.38. The highest BCUT2D eigenvalue weighted by atomic mass is 32.1. The SMILES string of the molecule is O=C1NCCN(Cc2ccoc2)[C@H]1CC(=O)N1CCN(Cc2cccs2)CC1. The first kappa shape index (κ1) is 19.2. The predicted octanol–water partition coefficient (Wildman–Crippen LogP) is 1.38. The summed E-state index contributed by atoms with van der Waals surface area (Å²) in [6, 6.07) is 5.71. The molecule has 7 nitrogen and oxygen atoms in total. The minimum atomic E-state index is -0.416. The first-order valence-electron chi connectivity index (χ1n) is 9.74. The van der Waals surface area contributed by atoms with E-state index in [1.54, 1.807) is 23.9 Å². The van der Waals surface area contributed by atoms with Crippen LogP contribution in [-0.2, 0) is 22.7 Å². The molecule has 2 aliphatic rings. The third-order valence-electron chi connectivity index (χ3n) is 5.46. The minimum Gasteiger partial charge on any atom is -0.472 e. The zero-order valence-corrected chi connectivity index (χ0v) is 16.7. The molecule has 2 aromatic rings. The van der Waals surface area contributed by atoms with Gasteiger partial charge in [-0.2, -0.15) is 0 Å². The monoisotopic (exact) mass is 402 g/mol. The summed E-state index contributed by atoms with van der Waals surface area (Å²) >= 11 is 1.77. The molecular formula is C20H26N4O3S. The van der Waals surface area contributed by atoms with Crippen LogP contribution in [-0.4, -0.2) is 71.8 Å². The number of rotatable bonds is 6. The molecule has 2 aromatic heterocycles. The number of carbonyl (C=O) groups is 2. The van der Waals surface area contributed by atoms with E-state index in [1.807, 2.05) is 11.0 Å². The molecule has 0 unspecified atom stereocenters. The van der Waals surface area contributed by atoms with Crippen LogP contribution < -0.4 is 5.32 Å². The van der Waals surface area contributed by atoms with Gasteiger partial charge in [0.2, 0.25) is 11.8 Å². The van der Waals surface area contributed by atoms with Gasteiger partial charge < -0.3 is 14.6 Å². The van der Waals surface area contributed by atoms with E-state index in [9.17, 15) is 9.59 Å². The van der Waals surface area contributed by atoms with Gasteiger partial charge in [-0.25, -0.2) is 0 Å². The van der Waals surface area contributed by atoms with Crippen LogP contribution in [0.5, 0.6) is 0 Å². The van der Waals surface area contributed by atoms with Crippen LogP contribution in [0.4, 0.5) is 0 Å². The largest absolute Gasteiger partial charge is 0.472 e. The number of nitrogens with zero attached hydrogens (tertiary/aromatic N) is 3. The predicted molar refractivity (Wildman–Crippen MR) is 107 cm³/mol. The average Bonchev–Trinajstić information content (AvgIpc) is 3.39. The molecule has 0 radical (unpaired) electrons. The smallest absolute Gasteiger partial charge is 0.237 e. The molecule has 0 aliphatic carbocycles. The lowest BCUT2D eigenvalue weighted by molar-refractivity contribution is -0.140. The Morgan fingerprint density at radius 3 is 2.75 bits per heavy atom. The van der Waals surface area contributed by atoms with Gasteiger partial charge >= 0.3 is 0 Å². The van der Waals surface area contributed by atoms with E-state index in [1.165, 1.54) is 4.88 Å². The number of carbonyl (C=O) groups excluding carboxylic acids is 2. The van der Waals surface area contributed by atoms with E-state index in [2.05, 4.69) is 32.6 Å². The lowest BCUT2D eigenvalue weighted by atomic mass is 10.1. The third kappa shape index (κ3) is 4.63. The normalized spacial score (nSPS) is 21.6. The summed E-state index contributed by atoms with van der Waals surface area (Å²) < 4.78 is 5.14. The van der Waals surface area contributed by atoms with E-state index in [0.717, 1.165) is 44.8 Å². The number of hydrogen-bond acceptors (Lipinski definition) is 6. The van der Waals surface area contributed by atoms with Crippen molar-refractivity contribution >= 4 is 23.2 Å². The van der Waals surface area contributed by atoms with Crippen molar-refractivity contribution in [1.82, 2.24) is 20.0 Å². The maximum Gasteiger partial charge on any atom is 0.237 e. The van der Waals surface area contributed by atoms with Crippen molar-refractivity contribution in [1.29, 1.82) is 0 Å². The molecule has 0 aromatic carbocycles. The van der Waals surface area contributed by atoms with Crippen molar-refractivity contribution in [2.45, 2.75) is 25.6 Å². The van der Waals surface area contributed by atoms with Gasteiger partial charge in [0, 0.05) is 62.8 Å². The third-order valence-corrected chi connectivity index (χ3v) is 6.32. The van der Waals surface area contributed by atoms with Crippen molar-refractivity contribution in [3.8, 4) is 0 Å². The van der Waals surface area contributed by atoms with Crippen LogP contribution in [0.15, 0.2) is 40.5 Å². The van der Waals surface area contributed by atoms with Gasteiger partial charge in [0.1, 0.15) is 0 Å². The topological polar surface area (TPSA) is 69.0 Å². The van der Waals surface area contributed by atoms with Crippen LogP contribution in [0.3, 0.4) is 0 Å². The summed E-state index contributed by atoms with van der Waals surface area (Å²) in [6.07, 6.45) is 3.56. The Bertz CT molecular complexity index is 769. The average molecular weight is 403 g/mol. The molecule has 0 bridgehead atoms. The highest BCUT2D eigenvalue weighted by molar-refractivity contribution is 7.09. The van der Waals surface area contributed by atoms with Gasteiger partial charge in [0.25, 0.3) is 0 Å². The fourth-order valence-electron chi connectivity index (χ4n) is 3.86. The summed E-state index contributed by atoms with van der Waals surface area (Å²) in [5.74, 6) is 0.00874. The van der Waals surface area contributed by atoms with Crippen LogP contribution in [0.1, 0.15) is 16.9 Å². The van der Waals surface area contributed by atoms with E-state index >= 15 is 0 Å². The molecule has 2 saturated heterocycles. The molecule has 1 atom stereocenters. The lowest BCUT2D eigenvalue weighted by Crippen LogP contribution is -2.57. The number of nitrogens with one attached hydrogen (secondary N) is 1. The van der Waals surface area contributed by atoms with Gasteiger partial charge in [0.05, 0.1) is 25.0 Å². The maximum atomic E-state index is 12.9. The number of thiophene rings is 1. The summed E-state index contributed by atoms with van der Waals surface area (Å²) in [5.41, 5.74) is 1.02. The Morgan fingerprint density at radius 2 is 2.04 bits per heavy atom. The van der Waals surface area contributed by atoms with Crippen LogP contribution in [0, 0.1) is 0 Å². The fraction of sp³-hybridized carbons (Fsp3) is 0.500. The van der Waals surface area contributed by atoms with Gasteiger partial charge in [-0.3, -0.25) is 19.4 Å². The Hall–Kier alpha value is -2.16. The molecule has 2 amide bonds. The summed E-state index contributed by atoms with van der Waals surface area (Å²) in [7, 11) is 0. The van der Waals surface area contributed by atoms with Crippen molar-refractivity contribution in [2.24, 2.45) is 0 Å². The molecule has 2 aliphatic heterocycles. The van der Waals surface area contributed by atoms with Gasteiger partial charge in [0.15, 0.2) is 0 Å². The first-order valence-corrected chi connectivity index (χ1v) is 10.6. The van der Waals surface area contributed by atoms with E-state index in [-0.39, 0.29) is 18.2 Å². The molecule has 150 valence electrons. The molecule has 0 saturated carbocycles. The first-order chi connectivity index (χ1) is 13.7. The molecule has 8 heteroatoms. The Balaban J connectivity index is 1.31. The zero-order chi connectivity index (χ0) is 19.3. The summed E-state index contributed by atoms with van der Waals surface area (Å²) in [5, 5.41) is 5.00. The molecule has 4 heterocycles. The number of amides is 2. The molecule has 1 N–H and O–H groups in total. The van der Waals surface area contributed by atoms with Crippen LogP contribution in [0.2, 0.25) is 0 Å². The quantitative estimate of drug-likeness (QED) is 0.791. The van der Waals surface area contributed by atoms with Gasteiger partial charge in [-0.15, -0.1) is 11.3 Å². The van der Waals surface area contributed by atoms with E-state index in [0.29, 0.717) is 13.1 Å².